The molecular formula is C22H24F3NO3. The Balaban J connectivity index is 1.75. The summed E-state index contributed by atoms with van der Waals surface area (Å²) in [6, 6.07) is 12.4. The average Bonchev–Trinajstić information content (AvgIpc) is 2.71. The second kappa shape index (κ2) is 8.76. The van der Waals surface area contributed by atoms with Crippen molar-refractivity contribution >= 4 is 5.91 Å². The number of aromatic hydroxyl groups is 1. The van der Waals surface area contributed by atoms with Crippen molar-refractivity contribution < 1.29 is 27.8 Å². The highest BCUT2D eigenvalue weighted by Gasteiger charge is 2.44. The first kappa shape index (κ1) is 21.0. The maximum Gasteiger partial charge on any atom is 0.471 e. The van der Waals surface area contributed by atoms with Crippen molar-refractivity contribution in [3.8, 4) is 11.5 Å². The van der Waals surface area contributed by atoms with Gasteiger partial charge in [0.1, 0.15) is 6.61 Å². The summed E-state index contributed by atoms with van der Waals surface area (Å²) >= 11 is 0. The summed E-state index contributed by atoms with van der Waals surface area (Å²) < 4.78 is 44.6. The molecule has 0 saturated carbocycles. The standard InChI is InChI=1S/C22H24F3NO3/c1-2-12-26(21(28)22(23,24)25)17-9-10-18-16(13-17)8-11-19(20(18)27)29-14-15-6-4-3-5-7-15/h3-8,11,17,27H,2,9-10,12-14H2,1H3. The number of benzene rings is 2. The summed E-state index contributed by atoms with van der Waals surface area (Å²) in [7, 11) is 0. The van der Waals surface area contributed by atoms with Gasteiger partial charge in [0.15, 0.2) is 11.5 Å². The number of carbonyl (C=O) groups excluding carboxylic acids is 1. The quantitative estimate of drug-likeness (QED) is 0.760. The molecule has 0 heterocycles. The van der Waals surface area contributed by atoms with E-state index in [1.807, 2.05) is 30.3 Å². The van der Waals surface area contributed by atoms with Gasteiger partial charge in [-0.2, -0.15) is 13.2 Å². The number of phenols is 1. The zero-order valence-electron chi connectivity index (χ0n) is 16.2. The Hall–Kier alpha value is -2.70. The number of carbonyl (C=O) groups is 1. The number of ether oxygens (including phenoxy) is 1. The molecule has 7 heteroatoms. The van der Waals surface area contributed by atoms with Crippen molar-refractivity contribution in [2.45, 2.75) is 51.4 Å². The van der Waals surface area contributed by atoms with Gasteiger partial charge < -0.3 is 14.7 Å². The van der Waals surface area contributed by atoms with Crippen LogP contribution in [0.25, 0.3) is 0 Å². The Labute approximate surface area is 167 Å². The number of alkyl halides is 3. The molecule has 4 nitrogen and oxygen atoms in total. The molecule has 2 aromatic rings. The van der Waals surface area contributed by atoms with Crippen molar-refractivity contribution in [1.29, 1.82) is 0 Å². The van der Waals surface area contributed by atoms with Gasteiger partial charge in [0.25, 0.3) is 0 Å². The van der Waals surface area contributed by atoms with Crippen LogP contribution in [0.15, 0.2) is 42.5 Å². The molecule has 29 heavy (non-hydrogen) atoms. The summed E-state index contributed by atoms with van der Waals surface area (Å²) in [6.45, 7) is 2.11. The van der Waals surface area contributed by atoms with Crippen LogP contribution in [0.4, 0.5) is 13.2 Å². The van der Waals surface area contributed by atoms with Gasteiger partial charge in [0.2, 0.25) is 0 Å². The Morgan fingerprint density at radius 2 is 1.93 bits per heavy atom. The highest BCUT2D eigenvalue weighted by atomic mass is 19.4. The van der Waals surface area contributed by atoms with Crippen LogP contribution in [0, 0.1) is 0 Å². The molecule has 0 bridgehead atoms. The van der Waals surface area contributed by atoms with Crippen molar-refractivity contribution in [3.05, 3.63) is 59.2 Å². The summed E-state index contributed by atoms with van der Waals surface area (Å²) in [5.41, 5.74) is 2.40. The number of nitrogens with zero attached hydrogens (tertiary/aromatic N) is 1. The van der Waals surface area contributed by atoms with E-state index in [1.54, 1.807) is 19.1 Å². The monoisotopic (exact) mass is 407 g/mol. The van der Waals surface area contributed by atoms with E-state index < -0.39 is 18.1 Å². The average molecular weight is 407 g/mol. The van der Waals surface area contributed by atoms with Gasteiger partial charge in [-0.1, -0.05) is 43.3 Å². The van der Waals surface area contributed by atoms with E-state index in [1.165, 1.54) is 0 Å². The molecule has 1 aliphatic rings. The maximum atomic E-state index is 13.0. The molecule has 1 N–H and O–H groups in total. The lowest BCUT2D eigenvalue weighted by atomic mass is 9.86. The normalized spacial score (nSPS) is 16.2. The van der Waals surface area contributed by atoms with Crippen LogP contribution in [-0.4, -0.2) is 34.7 Å². The highest BCUT2D eigenvalue weighted by molar-refractivity contribution is 5.82. The largest absolute Gasteiger partial charge is 0.504 e. The number of hydrogen-bond donors (Lipinski definition) is 1. The molecule has 0 saturated heterocycles. The molecule has 0 aromatic heterocycles. The summed E-state index contributed by atoms with van der Waals surface area (Å²) in [6.07, 6.45) is -3.40. The Kier molecular flexibility index (Phi) is 6.35. The van der Waals surface area contributed by atoms with Crippen LogP contribution in [0.2, 0.25) is 0 Å². The van der Waals surface area contributed by atoms with Crippen molar-refractivity contribution in [2.75, 3.05) is 6.54 Å². The van der Waals surface area contributed by atoms with Gasteiger partial charge in [0.05, 0.1) is 0 Å². The summed E-state index contributed by atoms with van der Waals surface area (Å²) in [4.78, 5) is 12.8. The minimum absolute atomic E-state index is 0.0288. The molecule has 0 spiro atoms. The number of hydrogen-bond acceptors (Lipinski definition) is 3. The fraction of sp³-hybridized carbons (Fsp3) is 0.409. The van der Waals surface area contributed by atoms with E-state index in [-0.39, 0.29) is 18.7 Å². The van der Waals surface area contributed by atoms with Crippen LogP contribution in [-0.2, 0) is 24.2 Å². The molecule has 0 aliphatic heterocycles. The van der Waals surface area contributed by atoms with Gasteiger partial charge in [-0.3, -0.25) is 4.79 Å². The maximum absolute atomic E-state index is 13.0. The van der Waals surface area contributed by atoms with Gasteiger partial charge in [-0.05, 0) is 42.9 Å². The molecular weight excluding hydrogens is 383 g/mol. The number of halogens is 3. The molecule has 156 valence electrons. The SMILES string of the molecule is CCCN(C(=O)C(F)(F)F)C1CCc2c(ccc(OCc3ccccc3)c2O)C1. The number of phenolic OH excluding ortho intramolecular Hbond substituents is 1. The molecule has 1 amide bonds. The van der Waals surface area contributed by atoms with Crippen molar-refractivity contribution in [1.82, 2.24) is 4.90 Å². The van der Waals surface area contributed by atoms with Crippen molar-refractivity contribution in [2.24, 2.45) is 0 Å². The zero-order valence-corrected chi connectivity index (χ0v) is 16.2. The Morgan fingerprint density at radius 3 is 2.59 bits per heavy atom. The van der Waals surface area contributed by atoms with E-state index in [9.17, 15) is 23.1 Å². The van der Waals surface area contributed by atoms with Crippen LogP contribution in [0.5, 0.6) is 11.5 Å². The summed E-state index contributed by atoms with van der Waals surface area (Å²) in [5, 5.41) is 10.6. The second-order valence-corrected chi connectivity index (χ2v) is 7.22. The fourth-order valence-electron chi connectivity index (χ4n) is 3.77. The lowest BCUT2D eigenvalue weighted by Gasteiger charge is -2.35. The zero-order chi connectivity index (χ0) is 21.0. The molecule has 0 radical (unpaired) electrons. The molecule has 2 aromatic carbocycles. The first-order valence-electron chi connectivity index (χ1n) is 9.69. The first-order valence-corrected chi connectivity index (χ1v) is 9.69. The van der Waals surface area contributed by atoms with Crippen LogP contribution in [0.3, 0.4) is 0 Å². The van der Waals surface area contributed by atoms with Crippen LogP contribution in [0.1, 0.15) is 36.5 Å². The number of rotatable bonds is 6. The third-order valence-electron chi connectivity index (χ3n) is 5.17. The number of fused-ring (bicyclic) bond motifs is 1. The van der Waals surface area contributed by atoms with Gasteiger partial charge in [0, 0.05) is 18.2 Å². The highest BCUT2D eigenvalue weighted by Crippen LogP contribution is 2.38. The minimum Gasteiger partial charge on any atom is -0.504 e. The predicted molar refractivity (Wildman–Crippen MR) is 103 cm³/mol. The van der Waals surface area contributed by atoms with E-state index >= 15 is 0 Å². The topological polar surface area (TPSA) is 49.8 Å². The lowest BCUT2D eigenvalue weighted by Crippen LogP contribution is -2.49. The van der Waals surface area contributed by atoms with E-state index in [0.29, 0.717) is 37.2 Å². The predicted octanol–water partition coefficient (Wildman–Crippen LogP) is 4.63. The molecule has 1 atom stereocenters. The Bertz CT molecular complexity index is 852. The minimum atomic E-state index is -4.88. The van der Waals surface area contributed by atoms with E-state index in [4.69, 9.17) is 4.74 Å². The molecule has 1 aliphatic carbocycles. The third-order valence-corrected chi connectivity index (χ3v) is 5.17. The van der Waals surface area contributed by atoms with Gasteiger partial charge in [-0.15, -0.1) is 0 Å². The van der Waals surface area contributed by atoms with Crippen LogP contribution < -0.4 is 4.74 Å². The first-order chi connectivity index (χ1) is 13.8. The van der Waals surface area contributed by atoms with Crippen molar-refractivity contribution in [3.63, 3.8) is 0 Å². The second-order valence-electron chi connectivity index (χ2n) is 7.22. The molecule has 3 rings (SSSR count). The smallest absolute Gasteiger partial charge is 0.471 e. The molecule has 1 unspecified atom stereocenters. The fourth-order valence-corrected chi connectivity index (χ4v) is 3.77. The van der Waals surface area contributed by atoms with Gasteiger partial charge in [-0.25, -0.2) is 0 Å². The lowest BCUT2D eigenvalue weighted by molar-refractivity contribution is -0.188. The van der Waals surface area contributed by atoms with E-state index in [0.717, 1.165) is 16.0 Å². The summed E-state index contributed by atoms with van der Waals surface area (Å²) in [5.74, 6) is -1.41. The van der Waals surface area contributed by atoms with Gasteiger partial charge >= 0.3 is 12.1 Å². The van der Waals surface area contributed by atoms with Crippen LogP contribution >= 0.6 is 0 Å². The molecule has 0 fully saturated rings. The Morgan fingerprint density at radius 1 is 1.21 bits per heavy atom. The number of amides is 1. The van der Waals surface area contributed by atoms with E-state index in [2.05, 4.69) is 0 Å². The third kappa shape index (κ3) is 4.83.